The van der Waals surface area contributed by atoms with Gasteiger partial charge in [0.25, 0.3) is 5.91 Å². The molecule has 4 aromatic rings. The predicted octanol–water partition coefficient (Wildman–Crippen LogP) is 5.06. The highest BCUT2D eigenvalue weighted by atomic mass is 16.4. The maximum absolute atomic E-state index is 13.1. The number of carbonyl (C=O) groups excluding carboxylic acids is 1. The Kier molecular flexibility index (Phi) is 6.15. The van der Waals surface area contributed by atoms with E-state index in [-0.39, 0.29) is 17.9 Å². The Hall–Kier alpha value is -4.07. The number of aryl methyl sites for hydroxylation is 1. The van der Waals surface area contributed by atoms with Gasteiger partial charge in [-0.25, -0.2) is 4.98 Å². The normalized spacial score (nSPS) is 12.5. The summed E-state index contributed by atoms with van der Waals surface area (Å²) in [5, 5.41) is 15.7. The minimum absolute atomic E-state index is 0.220. The Morgan fingerprint density at radius 2 is 1.88 bits per heavy atom. The zero-order chi connectivity index (χ0) is 24.5. The molecule has 3 N–H and O–H groups in total. The van der Waals surface area contributed by atoms with Crippen molar-refractivity contribution in [1.82, 2.24) is 14.7 Å². The molecule has 3 aromatic heterocycles. The third-order valence-corrected chi connectivity index (χ3v) is 5.30. The van der Waals surface area contributed by atoms with E-state index in [4.69, 9.17) is 9.40 Å². The molecule has 8 nitrogen and oxygen atoms in total. The minimum Gasteiger partial charge on any atom is -0.481 e. The van der Waals surface area contributed by atoms with E-state index in [1.54, 1.807) is 30.7 Å². The van der Waals surface area contributed by atoms with Crippen molar-refractivity contribution in [2.24, 2.45) is 0 Å². The summed E-state index contributed by atoms with van der Waals surface area (Å²) in [5.74, 6) is 0.00735. The van der Waals surface area contributed by atoms with Crippen molar-refractivity contribution in [2.75, 3.05) is 5.32 Å². The van der Waals surface area contributed by atoms with Crippen molar-refractivity contribution in [1.29, 1.82) is 0 Å². The molecule has 4 rings (SSSR count). The summed E-state index contributed by atoms with van der Waals surface area (Å²) in [7, 11) is 0. The first-order chi connectivity index (χ1) is 16.1. The van der Waals surface area contributed by atoms with Crippen LogP contribution in [0.1, 0.15) is 54.7 Å². The second-order valence-electron chi connectivity index (χ2n) is 9.34. The first-order valence-corrected chi connectivity index (χ1v) is 11.0. The van der Waals surface area contributed by atoms with Crippen LogP contribution in [0.25, 0.3) is 17.1 Å². The molecule has 8 heteroatoms. The molecule has 0 aliphatic rings. The maximum atomic E-state index is 13.1. The number of carboxylic acids is 1. The standard InChI is InChI=1S/C26H28N4O4/c1-16-7-9-17(10-8-16)19(15-22(31)32)27-25(33)18-11-12-30-21(14-18)28-23(20-6-5-13-34-20)24(30)29-26(2,3)4/h5-14,19,29H,15H2,1-4H3,(H,27,33)(H,31,32). The predicted molar refractivity (Wildman–Crippen MR) is 130 cm³/mol. The summed E-state index contributed by atoms with van der Waals surface area (Å²) in [6.07, 6.45) is 3.14. The van der Waals surface area contributed by atoms with Crippen LogP contribution in [0, 0.1) is 6.92 Å². The van der Waals surface area contributed by atoms with E-state index in [0.29, 0.717) is 22.7 Å². The van der Waals surface area contributed by atoms with Gasteiger partial charge in [-0.15, -0.1) is 0 Å². The van der Waals surface area contributed by atoms with E-state index in [1.165, 1.54) is 0 Å². The molecule has 3 heterocycles. The van der Waals surface area contributed by atoms with Crippen LogP contribution in [0.5, 0.6) is 0 Å². The number of imidazole rings is 1. The molecule has 1 atom stereocenters. The van der Waals surface area contributed by atoms with Crippen LogP contribution >= 0.6 is 0 Å². The number of anilines is 1. The Bertz CT molecular complexity index is 1320. The van der Waals surface area contributed by atoms with E-state index in [9.17, 15) is 14.7 Å². The van der Waals surface area contributed by atoms with E-state index in [1.807, 2.05) is 62.4 Å². The Balaban J connectivity index is 1.68. The molecule has 1 unspecified atom stereocenters. The van der Waals surface area contributed by atoms with Crippen molar-refractivity contribution in [3.63, 3.8) is 0 Å². The van der Waals surface area contributed by atoms with Gasteiger partial charge < -0.3 is 20.2 Å². The van der Waals surface area contributed by atoms with Crippen LogP contribution in [0.3, 0.4) is 0 Å². The van der Waals surface area contributed by atoms with E-state index < -0.39 is 12.0 Å². The van der Waals surface area contributed by atoms with Crippen LogP contribution in [0.2, 0.25) is 0 Å². The Morgan fingerprint density at radius 1 is 1.15 bits per heavy atom. The van der Waals surface area contributed by atoms with Crippen LogP contribution in [-0.4, -0.2) is 31.9 Å². The van der Waals surface area contributed by atoms with Gasteiger partial charge >= 0.3 is 5.97 Å². The fourth-order valence-electron chi connectivity index (χ4n) is 3.71. The number of benzene rings is 1. The summed E-state index contributed by atoms with van der Waals surface area (Å²) < 4.78 is 7.45. The molecule has 34 heavy (non-hydrogen) atoms. The minimum atomic E-state index is -0.990. The SMILES string of the molecule is Cc1ccc(C(CC(=O)O)NC(=O)c2ccn3c(NC(C)(C)C)c(-c4ccco4)nc3c2)cc1. The Morgan fingerprint density at radius 3 is 2.50 bits per heavy atom. The second-order valence-corrected chi connectivity index (χ2v) is 9.34. The molecule has 0 fully saturated rings. The first kappa shape index (κ1) is 23.1. The molecular formula is C26H28N4O4. The number of nitrogens with zero attached hydrogens (tertiary/aromatic N) is 2. The number of amides is 1. The van der Waals surface area contributed by atoms with Crippen molar-refractivity contribution < 1.29 is 19.1 Å². The lowest BCUT2D eigenvalue weighted by molar-refractivity contribution is -0.137. The number of nitrogens with one attached hydrogen (secondary N) is 2. The quantitative estimate of drug-likeness (QED) is 0.356. The lowest BCUT2D eigenvalue weighted by Gasteiger charge is -2.22. The maximum Gasteiger partial charge on any atom is 0.305 e. The lowest BCUT2D eigenvalue weighted by atomic mass is 10.0. The Labute approximate surface area is 197 Å². The molecule has 0 spiro atoms. The zero-order valence-corrected chi connectivity index (χ0v) is 19.6. The molecule has 0 saturated carbocycles. The number of carbonyl (C=O) groups is 2. The van der Waals surface area contributed by atoms with Crippen LogP contribution in [0.15, 0.2) is 65.4 Å². The number of aliphatic carboxylic acids is 1. The lowest BCUT2D eigenvalue weighted by Crippen LogP contribution is -2.30. The van der Waals surface area contributed by atoms with E-state index >= 15 is 0 Å². The topological polar surface area (TPSA) is 109 Å². The van der Waals surface area contributed by atoms with Crippen molar-refractivity contribution in [2.45, 2.75) is 45.7 Å². The van der Waals surface area contributed by atoms with E-state index in [2.05, 4.69) is 10.6 Å². The molecule has 0 aliphatic carbocycles. The molecule has 0 bridgehead atoms. The largest absolute Gasteiger partial charge is 0.481 e. The second kappa shape index (κ2) is 9.05. The van der Waals surface area contributed by atoms with Crippen molar-refractivity contribution >= 4 is 23.3 Å². The van der Waals surface area contributed by atoms with E-state index in [0.717, 1.165) is 16.9 Å². The third kappa shape index (κ3) is 5.11. The van der Waals surface area contributed by atoms with Gasteiger partial charge in [-0.2, -0.15) is 0 Å². The van der Waals surface area contributed by atoms with Crippen LogP contribution in [0.4, 0.5) is 5.82 Å². The first-order valence-electron chi connectivity index (χ1n) is 11.0. The number of fused-ring (bicyclic) bond motifs is 1. The summed E-state index contributed by atoms with van der Waals surface area (Å²) in [4.78, 5) is 29.2. The van der Waals surface area contributed by atoms with Gasteiger partial charge in [-0.1, -0.05) is 29.8 Å². The third-order valence-electron chi connectivity index (χ3n) is 5.30. The van der Waals surface area contributed by atoms with Crippen LogP contribution < -0.4 is 10.6 Å². The summed E-state index contributed by atoms with van der Waals surface area (Å²) in [5.41, 5.74) is 3.15. The number of carboxylic acid groups (broad SMARTS) is 1. The van der Waals surface area contributed by atoms with Crippen molar-refractivity contribution in [3.05, 3.63) is 77.7 Å². The van der Waals surface area contributed by atoms with Gasteiger partial charge in [-0.3, -0.25) is 14.0 Å². The molecule has 1 aromatic carbocycles. The van der Waals surface area contributed by atoms with Gasteiger partial charge in [-0.05, 0) is 57.5 Å². The van der Waals surface area contributed by atoms with Crippen LogP contribution in [-0.2, 0) is 4.79 Å². The number of hydrogen-bond donors (Lipinski definition) is 3. The molecule has 0 saturated heterocycles. The summed E-state index contributed by atoms with van der Waals surface area (Å²) in [6.45, 7) is 8.10. The summed E-state index contributed by atoms with van der Waals surface area (Å²) in [6, 6.07) is 13.8. The van der Waals surface area contributed by atoms with Gasteiger partial charge in [0.1, 0.15) is 17.2 Å². The smallest absolute Gasteiger partial charge is 0.305 e. The zero-order valence-electron chi connectivity index (χ0n) is 19.6. The number of pyridine rings is 1. The van der Waals surface area contributed by atoms with Gasteiger partial charge in [0.15, 0.2) is 5.76 Å². The highest BCUT2D eigenvalue weighted by Gasteiger charge is 2.23. The molecular weight excluding hydrogens is 432 g/mol. The fraction of sp³-hybridized carbons (Fsp3) is 0.269. The average molecular weight is 461 g/mol. The summed E-state index contributed by atoms with van der Waals surface area (Å²) >= 11 is 0. The van der Waals surface area contributed by atoms with Gasteiger partial charge in [0.05, 0.1) is 18.7 Å². The molecule has 1 amide bonds. The highest BCUT2D eigenvalue weighted by molar-refractivity contribution is 5.96. The molecule has 0 radical (unpaired) electrons. The number of aromatic nitrogens is 2. The average Bonchev–Trinajstić information content (AvgIpc) is 3.40. The fourth-order valence-corrected chi connectivity index (χ4v) is 3.71. The highest BCUT2D eigenvalue weighted by Crippen LogP contribution is 2.31. The number of rotatable bonds is 7. The van der Waals surface area contributed by atoms with Crippen molar-refractivity contribution in [3.8, 4) is 11.5 Å². The molecule has 176 valence electrons. The number of hydrogen-bond acceptors (Lipinski definition) is 5. The molecule has 0 aliphatic heterocycles. The van der Waals surface area contributed by atoms with Gasteiger partial charge in [0.2, 0.25) is 0 Å². The number of furan rings is 1. The van der Waals surface area contributed by atoms with Gasteiger partial charge in [0, 0.05) is 17.3 Å². The monoisotopic (exact) mass is 460 g/mol.